The molecule has 0 bridgehead atoms. The number of fused-ring (bicyclic) bond motifs is 2. The topological polar surface area (TPSA) is 92.1 Å². The van der Waals surface area contributed by atoms with Gasteiger partial charge in [-0.15, -0.1) is 0 Å². The van der Waals surface area contributed by atoms with Crippen LogP contribution in [-0.4, -0.2) is 29.0 Å². The number of hydrogen-bond donors (Lipinski definition) is 1. The number of aromatic nitrogens is 1. The number of para-hydroxylation sites is 1. The Kier molecular flexibility index (Phi) is 4.99. The molecule has 1 aromatic heterocycles. The Hall–Kier alpha value is -2.94. The Morgan fingerprint density at radius 3 is 2.79 bits per heavy atom. The highest BCUT2D eigenvalue weighted by Gasteiger charge is 2.43. The summed E-state index contributed by atoms with van der Waals surface area (Å²) in [7, 11) is 0. The molecule has 2 aromatic rings. The van der Waals surface area contributed by atoms with Gasteiger partial charge in [0.25, 0.3) is 5.91 Å². The summed E-state index contributed by atoms with van der Waals surface area (Å²) in [4.78, 5) is 30.1. The van der Waals surface area contributed by atoms with Crippen LogP contribution in [0, 0.1) is 23.2 Å². The molecule has 2 atom stereocenters. The van der Waals surface area contributed by atoms with Crippen molar-refractivity contribution in [2.45, 2.75) is 51.5 Å². The predicted octanol–water partition coefficient (Wildman–Crippen LogP) is 3.32. The number of hydrogen-bond acceptors (Lipinski definition) is 5. The summed E-state index contributed by atoms with van der Waals surface area (Å²) in [6, 6.07) is 9.72. The summed E-state index contributed by atoms with van der Waals surface area (Å²) >= 11 is 0. The molecule has 0 saturated heterocycles. The number of ether oxygens (including phenoxy) is 1. The molecule has 1 saturated carbocycles. The van der Waals surface area contributed by atoms with Crippen molar-refractivity contribution in [3.8, 4) is 6.07 Å². The molecule has 6 nitrogen and oxygen atoms in total. The van der Waals surface area contributed by atoms with Crippen molar-refractivity contribution in [1.29, 1.82) is 5.26 Å². The second-order valence-electron chi connectivity index (χ2n) is 8.49. The zero-order valence-corrected chi connectivity index (χ0v) is 16.8. The maximum atomic E-state index is 13.0. The number of pyridine rings is 1. The molecule has 4 rings (SSSR count). The third-order valence-corrected chi connectivity index (χ3v) is 6.07. The van der Waals surface area contributed by atoms with Gasteiger partial charge in [-0.25, -0.2) is 4.79 Å². The average Bonchev–Trinajstić information content (AvgIpc) is 3.56. The first-order valence-corrected chi connectivity index (χ1v) is 10.2. The van der Waals surface area contributed by atoms with E-state index in [0.717, 1.165) is 54.3 Å². The highest BCUT2D eigenvalue weighted by Crippen LogP contribution is 2.39. The summed E-state index contributed by atoms with van der Waals surface area (Å²) in [5, 5.41) is 12.9. The quantitative estimate of drug-likeness (QED) is 0.790. The number of amides is 1. The van der Waals surface area contributed by atoms with Gasteiger partial charge in [0, 0.05) is 11.1 Å². The molecule has 29 heavy (non-hydrogen) atoms. The monoisotopic (exact) mass is 391 g/mol. The molecule has 2 aliphatic rings. The van der Waals surface area contributed by atoms with E-state index in [-0.39, 0.29) is 5.92 Å². The van der Waals surface area contributed by atoms with Crippen LogP contribution in [0.4, 0.5) is 0 Å². The van der Waals surface area contributed by atoms with Crippen LogP contribution in [0.5, 0.6) is 0 Å². The molecular formula is C23H25N3O3. The molecule has 0 aliphatic heterocycles. The Bertz CT molecular complexity index is 1020. The minimum Gasteiger partial charge on any atom is -0.452 e. The minimum atomic E-state index is -0.901. The van der Waals surface area contributed by atoms with Gasteiger partial charge in [-0.1, -0.05) is 25.1 Å². The van der Waals surface area contributed by atoms with Gasteiger partial charge in [-0.2, -0.15) is 5.26 Å². The molecule has 1 amide bonds. The highest BCUT2D eigenvalue weighted by molar-refractivity contribution is 6.05. The second kappa shape index (κ2) is 7.47. The van der Waals surface area contributed by atoms with Crippen LogP contribution in [0.3, 0.4) is 0 Å². The third-order valence-electron chi connectivity index (χ3n) is 6.07. The molecule has 0 radical (unpaired) electrons. The lowest BCUT2D eigenvalue weighted by Crippen LogP contribution is -2.48. The molecule has 0 unspecified atom stereocenters. The van der Waals surface area contributed by atoms with Gasteiger partial charge >= 0.3 is 5.97 Å². The molecular weight excluding hydrogens is 366 g/mol. The van der Waals surface area contributed by atoms with Crippen molar-refractivity contribution in [1.82, 2.24) is 10.3 Å². The van der Waals surface area contributed by atoms with E-state index < -0.39 is 24.0 Å². The van der Waals surface area contributed by atoms with E-state index in [1.54, 1.807) is 6.92 Å². The summed E-state index contributed by atoms with van der Waals surface area (Å²) < 4.78 is 5.40. The molecule has 1 heterocycles. The lowest BCUT2D eigenvalue weighted by molar-refractivity contribution is -0.125. The summed E-state index contributed by atoms with van der Waals surface area (Å²) in [6.45, 7) is 3.49. The van der Waals surface area contributed by atoms with E-state index in [0.29, 0.717) is 11.5 Å². The van der Waals surface area contributed by atoms with E-state index in [4.69, 9.17) is 9.72 Å². The molecule has 1 fully saturated rings. The van der Waals surface area contributed by atoms with Crippen molar-refractivity contribution < 1.29 is 14.3 Å². The van der Waals surface area contributed by atoms with E-state index in [1.165, 1.54) is 0 Å². The number of nitrogens with one attached hydrogen (secondary N) is 1. The zero-order valence-electron chi connectivity index (χ0n) is 16.8. The molecule has 1 N–H and O–H groups in total. The number of aryl methyl sites for hydroxylation is 1. The zero-order chi connectivity index (χ0) is 20.6. The van der Waals surface area contributed by atoms with Gasteiger partial charge in [0.15, 0.2) is 6.61 Å². The van der Waals surface area contributed by atoms with E-state index in [9.17, 15) is 14.9 Å². The standard InChI is InChI=1S/C23H25N3O3/c1-14-7-10-19-17(11-14)21(16-5-3-4-6-18(16)25-19)22(28)29-12-20(27)26-23(2,13-24)15-8-9-15/h3-6,14-15H,7-12H2,1-2H3,(H,26,27)/t14-,23-/m0/s1. The number of nitriles is 1. The first-order valence-electron chi connectivity index (χ1n) is 10.2. The summed E-state index contributed by atoms with van der Waals surface area (Å²) in [5.74, 6) is -0.316. The number of carbonyl (C=O) groups is 2. The fourth-order valence-corrected chi connectivity index (χ4v) is 4.21. The van der Waals surface area contributed by atoms with Crippen LogP contribution < -0.4 is 5.32 Å². The van der Waals surface area contributed by atoms with Crippen LogP contribution in [0.1, 0.15) is 54.7 Å². The molecule has 1 aromatic carbocycles. The van der Waals surface area contributed by atoms with Crippen LogP contribution in [-0.2, 0) is 22.4 Å². The van der Waals surface area contributed by atoms with Gasteiger partial charge in [0.05, 0.1) is 17.1 Å². The number of nitrogens with zero attached hydrogens (tertiary/aromatic N) is 2. The van der Waals surface area contributed by atoms with Gasteiger partial charge in [-0.3, -0.25) is 9.78 Å². The van der Waals surface area contributed by atoms with Crippen molar-refractivity contribution in [3.63, 3.8) is 0 Å². The van der Waals surface area contributed by atoms with Crippen molar-refractivity contribution in [3.05, 3.63) is 41.1 Å². The van der Waals surface area contributed by atoms with Crippen LogP contribution in [0.2, 0.25) is 0 Å². The average molecular weight is 391 g/mol. The first-order chi connectivity index (χ1) is 13.9. The number of esters is 1. The van der Waals surface area contributed by atoms with Gasteiger partial charge in [-0.05, 0) is 62.5 Å². The summed E-state index contributed by atoms with van der Waals surface area (Å²) in [5.41, 5.74) is 2.27. The largest absolute Gasteiger partial charge is 0.452 e. The fraction of sp³-hybridized carbons (Fsp3) is 0.478. The number of benzene rings is 1. The van der Waals surface area contributed by atoms with Crippen molar-refractivity contribution >= 4 is 22.8 Å². The van der Waals surface area contributed by atoms with Crippen LogP contribution in [0.25, 0.3) is 10.9 Å². The van der Waals surface area contributed by atoms with E-state index in [2.05, 4.69) is 18.3 Å². The lowest BCUT2D eigenvalue weighted by atomic mass is 9.84. The first kappa shape index (κ1) is 19.4. The Labute approximate surface area is 170 Å². The number of rotatable bonds is 5. The minimum absolute atomic E-state index is 0.171. The third kappa shape index (κ3) is 3.82. The SMILES string of the molecule is C[C@H]1CCc2nc3ccccc3c(C(=O)OCC(=O)N[C@@](C)(C#N)C3CC3)c2C1. The van der Waals surface area contributed by atoms with Gasteiger partial charge in [0.1, 0.15) is 5.54 Å². The van der Waals surface area contributed by atoms with Gasteiger partial charge in [0.2, 0.25) is 0 Å². The molecule has 150 valence electrons. The highest BCUT2D eigenvalue weighted by atomic mass is 16.5. The predicted molar refractivity (Wildman–Crippen MR) is 108 cm³/mol. The maximum Gasteiger partial charge on any atom is 0.339 e. The number of carbonyl (C=O) groups excluding carboxylic acids is 2. The fourth-order valence-electron chi connectivity index (χ4n) is 4.21. The Balaban J connectivity index is 1.56. The van der Waals surface area contributed by atoms with Crippen molar-refractivity contribution in [2.24, 2.45) is 11.8 Å². The molecule has 6 heteroatoms. The van der Waals surface area contributed by atoms with Gasteiger partial charge < -0.3 is 10.1 Å². The Morgan fingerprint density at radius 2 is 2.07 bits per heavy atom. The normalized spacial score (nSPS) is 20.2. The lowest BCUT2D eigenvalue weighted by Gasteiger charge is -2.24. The van der Waals surface area contributed by atoms with E-state index >= 15 is 0 Å². The molecule has 2 aliphatic carbocycles. The van der Waals surface area contributed by atoms with Crippen molar-refractivity contribution in [2.75, 3.05) is 6.61 Å². The van der Waals surface area contributed by atoms with Crippen LogP contribution >= 0.6 is 0 Å². The summed E-state index contributed by atoms with van der Waals surface area (Å²) in [6.07, 6.45) is 4.51. The van der Waals surface area contributed by atoms with Crippen LogP contribution in [0.15, 0.2) is 24.3 Å². The second-order valence-corrected chi connectivity index (χ2v) is 8.49. The maximum absolute atomic E-state index is 13.0. The Morgan fingerprint density at radius 1 is 1.31 bits per heavy atom. The van der Waals surface area contributed by atoms with E-state index in [1.807, 2.05) is 24.3 Å². The smallest absolute Gasteiger partial charge is 0.339 e. The molecule has 0 spiro atoms.